The van der Waals surface area contributed by atoms with Crippen LogP contribution in [0.25, 0.3) is 10.2 Å². The summed E-state index contributed by atoms with van der Waals surface area (Å²) < 4.78 is 5.04. The number of nitrogens with zero attached hydrogens (tertiary/aromatic N) is 1. The van der Waals surface area contributed by atoms with Crippen molar-refractivity contribution in [3.63, 3.8) is 0 Å². The van der Waals surface area contributed by atoms with Crippen LogP contribution in [-0.4, -0.2) is 22.5 Å². The van der Waals surface area contributed by atoms with Crippen molar-refractivity contribution in [2.45, 2.75) is 39.5 Å². The molecule has 1 aliphatic carbocycles. The summed E-state index contributed by atoms with van der Waals surface area (Å²) in [5.41, 5.74) is 1.79. The molecule has 6 heteroatoms. The standard InChI is InChI=1S/C16H18N2O3S/c1-3-21-16(20)13-9(2)12-14(19)17-11(18-15(12)22-13)8-10-6-4-5-7-10/h6H,3-5,7-8H2,1-2H3,(H,17,18,19). The lowest BCUT2D eigenvalue weighted by Crippen LogP contribution is -2.12. The molecule has 0 aromatic carbocycles. The van der Waals surface area contributed by atoms with E-state index in [1.54, 1.807) is 13.8 Å². The van der Waals surface area contributed by atoms with Gasteiger partial charge >= 0.3 is 5.97 Å². The zero-order valence-corrected chi connectivity index (χ0v) is 13.5. The summed E-state index contributed by atoms with van der Waals surface area (Å²) in [5, 5.41) is 0.497. The highest BCUT2D eigenvalue weighted by Gasteiger charge is 2.20. The molecule has 0 aliphatic heterocycles. The summed E-state index contributed by atoms with van der Waals surface area (Å²) in [6.07, 6.45) is 6.24. The average Bonchev–Trinajstić information content (AvgIpc) is 3.07. The van der Waals surface area contributed by atoms with Gasteiger partial charge in [-0.3, -0.25) is 4.79 Å². The Balaban J connectivity index is 2.02. The fraction of sp³-hybridized carbons (Fsp3) is 0.438. The third-order valence-corrected chi connectivity index (χ3v) is 5.01. The predicted octanol–water partition coefficient (Wildman–Crippen LogP) is 3.12. The molecule has 0 bridgehead atoms. The Morgan fingerprint density at radius 3 is 3.00 bits per heavy atom. The number of aryl methyl sites for hydroxylation is 1. The van der Waals surface area contributed by atoms with Gasteiger partial charge < -0.3 is 9.72 Å². The number of allylic oxidation sites excluding steroid dienone is 2. The Labute approximate surface area is 132 Å². The van der Waals surface area contributed by atoms with Crippen LogP contribution in [0, 0.1) is 6.92 Å². The number of thiophene rings is 1. The first kappa shape index (κ1) is 15.0. The molecule has 2 aromatic heterocycles. The topological polar surface area (TPSA) is 72.0 Å². The van der Waals surface area contributed by atoms with Crippen LogP contribution >= 0.6 is 11.3 Å². The van der Waals surface area contributed by atoms with Crippen LogP contribution in [0.5, 0.6) is 0 Å². The van der Waals surface area contributed by atoms with Crippen molar-refractivity contribution >= 4 is 27.5 Å². The molecule has 0 fully saturated rings. The number of hydrogen-bond donors (Lipinski definition) is 1. The third kappa shape index (κ3) is 2.70. The summed E-state index contributed by atoms with van der Waals surface area (Å²) in [6.45, 7) is 3.84. The van der Waals surface area contributed by atoms with Gasteiger partial charge in [0, 0.05) is 6.42 Å². The van der Waals surface area contributed by atoms with Gasteiger partial charge in [-0.05, 0) is 38.7 Å². The number of rotatable bonds is 4. The van der Waals surface area contributed by atoms with Crippen LogP contribution in [0.1, 0.15) is 47.2 Å². The Morgan fingerprint density at radius 2 is 2.32 bits per heavy atom. The molecule has 1 N–H and O–H groups in total. The van der Waals surface area contributed by atoms with Crippen molar-refractivity contribution in [3.8, 4) is 0 Å². The minimum atomic E-state index is -0.387. The van der Waals surface area contributed by atoms with Gasteiger partial charge in [0.15, 0.2) is 0 Å². The van der Waals surface area contributed by atoms with Crippen LogP contribution in [0.3, 0.4) is 0 Å². The van der Waals surface area contributed by atoms with Crippen molar-refractivity contribution < 1.29 is 9.53 Å². The molecule has 0 spiro atoms. The van der Waals surface area contributed by atoms with Crippen molar-refractivity contribution in [3.05, 3.63) is 38.3 Å². The first-order valence-corrected chi connectivity index (χ1v) is 8.29. The molecule has 0 saturated carbocycles. The lowest BCUT2D eigenvalue weighted by Gasteiger charge is -2.02. The van der Waals surface area contributed by atoms with Crippen molar-refractivity contribution in [2.75, 3.05) is 6.61 Å². The summed E-state index contributed by atoms with van der Waals surface area (Å²) >= 11 is 1.23. The molecule has 0 unspecified atom stereocenters. The van der Waals surface area contributed by atoms with Crippen molar-refractivity contribution in [2.24, 2.45) is 0 Å². The third-order valence-electron chi connectivity index (χ3n) is 3.84. The number of ether oxygens (including phenoxy) is 1. The lowest BCUT2D eigenvalue weighted by molar-refractivity contribution is 0.0531. The zero-order valence-electron chi connectivity index (χ0n) is 12.7. The van der Waals surface area contributed by atoms with E-state index in [0.29, 0.717) is 39.5 Å². The molecule has 3 rings (SSSR count). The van der Waals surface area contributed by atoms with Gasteiger partial charge in [0.1, 0.15) is 15.5 Å². The van der Waals surface area contributed by atoms with Crippen molar-refractivity contribution in [1.82, 2.24) is 9.97 Å². The first-order valence-electron chi connectivity index (χ1n) is 7.47. The Hall–Kier alpha value is -1.95. The number of hydrogen-bond acceptors (Lipinski definition) is 5. The maximum atomic E-state index is 12.3. The summed E-state index contributed by atoms with van der Waals surface area (Å²) in [4.78, 5) is 32.7. The van der Waals surface area contributed by atoms with Crippen LogP contribution < -0.4 is 5.56 Å². The molecule has 22 heavy (non-hydrogen) atoms. The second kappa shape index (κ2) is 6.04. The van der Waals surface area contributed by atoms with Gasteiger partial charge in [0.25, 0.3) is 5.56 Å². The minimum absolute atomic E-state index is 0.178. The molecule has 0 atom stereocenters. The number of carbonyl (C=O) groups excluding carboxylic acids is 1. The van der Waals surface area contributed by atoms with Crippen LogP contribution in [0.4, 0.5) is 0 Å². The second-order valence-corrected chi connectivity index (χ2v) is 6.40. The minimum Gasteiger partial charge on any atom is -0.462 e. The van der Waals surface area contributed by atoms with Gasteiger partial charge in [0.05, 0.1) is 12.0 Å². The van der Waals surface area contributed by atoms with Gasteiger partial charge in [-0.1, -0.05) is 11.6 Å². The molecule has 5 nitrogen and oxygen atoms in total. The van der Waals surface area contributed by atoms with Crippen LogP contribution in [0.2, 0.25) is 0 Å². The van der Waals surface area contributed by atoms with Crippen molar-refractivity contribution in [1.29, 1.82) is 0 Å². The molecular formula is C16H18N2O3S. The number of aromatic amines is 1. The summed E-state index contributed by atoms with van der Waals surface area (Å²) in [7, 11) is 0. The highest BCUT2D eigenvalue weighted by Crippen LogP contribution is 2.28. The summed E-state index contributed by atoms with van der Waals surface area (Å²) in [6, 6.07) is 0. The van der Waals surface area contributed by atoms with E-state index >= 15 is 0 Å². The van der Waals surface area contributed by atoms with Crippen LogP contribution in [-0.2, 0) is 11.2 Å². The number of esters is 1. The highest BCUT2D eigenvalue weighted by molar-refractivity contribution is 7.20. The molecule has 2 aromatic rings. The normalized spacial score (nSPS) is 14.4. The Morgan fingerprint density at radius 1 is 1.50 bits per heavy atom. The maximum absolute atomic E-state index is 12.3. The zero-order chi connectivity index (χ0) is 15.7. The first-order chi connectivity index (χ1) is 10.6. The quantitative estimate of drug-likeness (QED) is 0.694. The number of H-pyrrole nitrogens is 1. The fourth-order valence-corrected chi connectivity index (χ4v) is 3.87. The smallest absolute Gasteiger partial charge is 0.348 e. The van der Waals surface area contributed by atoms with E-state index in [0.717, 1.165) is 12.8 Å². The number of aromatic nitrogens is 2. The second-order valence-electron chi connectivity index (χ2n) is 5.40. The maximum Gasteiger partial charge on any atom is 0.348 e. The number of nitrogens with one attached hydrogen (secondary N) is 1. The molecule has 1 aliphatic rings. The van der Waals surface area contributed by atoms with E-state index in [-0.39, 0.29) is 11.5 Å². The van der Waals surface area contributed by atoms with E-state index in [1.807, 2.05) is 0 Å². The number of carbonyl (C=O) groups is 1. The summed E-state index contributed by atoms with van der Waals surface area (Å²) in [5.74, 6) is 0.282. The Kier molecular flexibility index (Phi) is 4.11. The number of fused-ring (bicyclic) bond motifs is 1. The van der Waals surface area contributed by atoms with Gasteiger partial charge in [-0.2, -0.15) is 0 Å². The van der Waals surface area contributed by atoms with Gasteiger partial charge in [-0.25, -0.2) is 9.78 Å². The van der Waals surface area contributed by atoms with E-state index in [4.69, 9.17) is 4.74 Å². The monoisotopic (exact) mass is 318 g/mol. The average molecular weight is 318 g/mol. The van der Waals surface area contributed by atoms with Gasteiger partial charge in [0.2, 0.25) is 0 Å². The molecule has 116 valence electrons. The van der Waals surface area contributed by atoms with E-state index in [1.165, 1.54) is 23.3 Å². The van der Waals surface area contributed by atoms with E-state index < -0.39 is 0 Å². The molecule has 2 heterocycles. The van der Waals surface area contributed by atoms with E-state index in [9.17, 15) is 9.59 Å². The molecule has 0 radical (unpaired) electrons. The highest BCUT2D eigenvalue weighted by atomic mass is 32.1. The largest absolute Gasteiger partial charge is 0.462 e. The Bertz CT molecular complexity index is 817. The predicted molar refractivity (Wildman–Crippen MR) is 86.6 cm³/mol. The van der Waals surface area contributed by atoms with E-state index in [2.05, 4.69) is 16.0 Å². The lowest BCUT2D eigenvalue weighted by atomic mass is 10.1. The van der Waals surface area contributed by atoms with Gasteiger partial charge in [-0.15, -0.1) is 11.3 Å². The SMILES string of the molecule is CCOC(=O)c1sc2nc(CC3=CCCC3)[nH]c(=O)c2c1C. The molecule has 0 saturated heterocycles. The molecular weight excluding hydrogens is 300 g/mol. The fourth-order valence-electron chi connectivity index (χ4n) is 2.78. The molecule has 0 amide bonds. The van der Waals surface area contributed by atoms with Crippen LogP contribution in [0.15, 0.2) is 16.4 Å².